The van der Waals surface area contributed by atoms with E-state index < -0.39 is 0 Å². The number of nitrogens with zero attached hydrogens (tertiary/aromatic N) is 3. The molecule has 0 aliphatic carbocycles. The van der Waals surface area contributed by atoms with Gasteiger partial charge in [0.25, 0.3) is 0 Å². The van der Waals surface area contributed by atoms with Crippen LogP contribution in [0, 0.1) is 0 Å². The van der Waals surface area contributed by atoms with Gasteiger partial charge in [-0.15, -0.1) is 0 Å². The van der Waals surface area contributed by atoms with Crippen LogP contribution in [0.2, 0.25) is 0 Å². The summed E-state index contributed by atoms with van der Waals surface area (Å²) in [6.07, 6.45) is 12.7. The molecule has 1 aromatic heterocycles. The molecule has 0 spiro atoms. The summed E-state index contributed by atoms with van der Waals surface area (Å²) in [6.45, 7) is 3.45. The van der Waals surface area contributed by atoms with Gasteiger partial charge in [-0.25, -0.2) is 4.98 Å². The van der Waals surface area contributed by atoms with E-state index in [-0.39, 0.29) is 0 Å². The summed E-state index contributed by atoms with van der Waals surface area (Å²) in [5, 5.41) is 3.50. The largest absolute Gasteiger partial charge is 0.336 e. The quantitative estimate of drug-likeness (QED) is 0.899. The highest BCUT2D eigenvalue weighted by atomic mass is 15.3. The number of rotatable bonds is 4. The van der Waals surface area contributed by atoms with Crippen molar-refractivity contribution < 1.29 is 0 Å². The Labute approximate surface area is 116 Å². The Morgan fingerprint density at radius 3 is 2.63 bits per heavy atom. The summed E-state index contributed by atoms with van der Waals surface area (Å²) in [7, 11) is 2.12. The molecule has 0 radical (unpaired) electrons. The van der Waals surface area contributed by atoms with Gasteiger partial charge in [0, 0.05) is 43.1 Å². The average Bonchev–Trinajstić information content (AvgIpc) is 2.89. The molecular weight excluding hydrogens is 236 g/mol. The van der Waals surface area contributed by atoms with E-state index in [0.717, 1.165) is 24.7 Å². The minimum Gasteiger partial charge on any atom is -0.336 e. The lowest BCUT2D eigenvalue weighted by Crippen LogP contribution is -2.59. The van der Waals surface area contributed by atoms with Gasteiger partial charge in [-0.05, 0) is 39.7 Å². The van der Waals surface area contributed by atoms with Gasteiger partial charge in [-0.3, -0.25) is 4.90 Å². The Morgan fingerprint density at radius 2 is 2.05 bits per heavy atom. The first-order valence-corrected chi connectivity index (χ1v) is 7.68. The zero-order valence-corrected chi connectivity index (χ0v) is 12.1. The fraction of sp³-hybridized carbons (Fsp3) is 0.800. The van der Waals surface area contributed by atoms with E-state index in [9.17, 15) is 0 Å². The summed E-state index contributed by atoms with van der Waals surface area (Å²) in [4.78, 5) is 6.96. The van der Waals surface area contributed by atoms with Crippen molar-refractivity contribution in [2.75, 3.05) is 7.05 Å². The van der Waals surface area contributed by atoms with E-state index in [4.69, 9.17) is 0 Å². The van der Waals surface area contributed by atoms with Crippen molar-refractivity contribution in [1.82, 2.24) is 19.8 Å². The van der Waals surface area contributed by atoms with Crippen LogP contribution in [0.25, 0.3) is 0 Å². The van der Waals surface area contributed by atoms with Crippen LogP contribution < -0.4 is 5.32 Å². The van der Waals surface area contributed by atoms with Gasteiger partial charge in [0.05, 0.1) is 6.33 Å². The van der Waals surface area contributed by atoms with Crippen LogP contribution >= 0.6 is 0 Å². The SMILES string of the molecule is CNC1CC2CCCC(C1)N2C(C)Cn1ccnc1. The van der Waals surface area contributed by atoms with Crippen molar-refractivity contribution in [2.45, 2.75) is 69.7 Å². The third-order valence-corrected chi connectivity index (χ3v) is 4.98. The van der Waals surface area contributed by atoms with E-state index in [1.807, 2.05) is 12.5 Å². The first kappa shape index (κ1) is 13.1. The molecule has 2 fully saturated rings. The minimum atomic E-state index is 0.613. The fourth-order valence-corrected chi connectivity index (χ4v) is 4.17. The Bertz CT molecular complexity index is 375. The predicted molar refractivity (Wildman–Crippen MR) is 77.0 cm³/mol. The molecule has 3 rings (SSSR count). The lowest BCUT2D eigenvalue weighted by atomic mass is 9.80. The average molecular weight is 262 g/mol. The minimum absolute atomic E-state index is 0.613. The van der Waals surface area contributed by atoms with Crippen LogP contribution in [-0.2, 0) is 6.54 Å². The van der Waals surface area contributed by atoms with Crippen LogP contribution in [0.4, 0.5) is 0 Å². The second-order valence-corrected chi connectivity index (χ2v) is 6.25. The molecule has 1 aromatic rings. The van der Waals surface area contributed by atoms with E-state index in [1.165, 1.54) is 32.1 Å². The summed E-state index contributed by atoms with van der Waals surface area (Å²) in [6, 6.07) is 2.90. The van der Waals surface area contributed by atoms with Crippen molar-refractivity contribution in [2.24, 2.45) is 0 Å². The normalized spacial score (nSPS) is 33.3. The van der Waals surface area contributed by atoms with Gasteiger partial charge in [0.15, 0.2) is 0 Å². The van der Waals surface area contributed by atoms with E-state index >= 15 is 0 Å². The third-order valence-electron chi connectivity index (χ3n) is 4.98. The molecule has 106 valence electrons. The van der Waals surface area contributed by atoms with Crippen LogP contribution in [0.3, 0.4) is 0 Å². The highest BCUT2D eigenvalue weighted by Crippen LogP contribution is 2.35. The molecule has 4 heteroatoms. The van der Waals surface area contributed by atoms with Crippen molar-refractivity contribution in [3.63, 3.8) is 0 Å². The maximum Gasteiger partial charge on any atom is 0.0946 e. The molecule has 3 unspecified atom stereocenters. The van der Waals surface area contributed by atoms with Gasteiger partial charge in [-0.1, -0.05) is 6.42 Å². The number of nitrogens with one attached hydrogen (secondary N) is 1. The zero-order chi connectivity index (χ0) is 13.2. The van der Waals surface area contributed by atoms with Gasteiger partial charge >= 0.3 is 0 Å². The lowest BCUT2D eigenvalue weighted by molar-refractivity contribution is -0.00916. The molecule has 0 saturated carbocycles. The second-order valence-electron chi connectivity index (χ2n) is 6.25. The summed E-state index contributed by atoms with van der Waals surface area (Å²) in [5.41, 5.74) is 0. The van der Waals surface area contributed by atoms with Crippen molar-refractivity contribution in [3.05, 3.63) is 18.7 Å². The number of hydrogen-bond donors (Lipinski definition) is 1. The Morgan fingerprint density at radius 1 is 1.32 bits per heavy atom. The number of fused-ring (bicyclic) bond motifs is 2. The number of piperidine rings is 2. The second kappa shape index (κ2) is 5.63. The first-order chi connectivity index (χ1) is 9.28. The van der Waals surface area contributed by atoms with Gasteiger partial charge in [-0.2, -0.15) is 0 Å². The topological polar surface area (TPSA) is 33.1 Å². The van der Waals surface area contributed by atoms with E-state index in [2.05, 4.69) is 39.9 Å². The van der Waals surface area contributed by atoms with Crippen LogP contribution in [0.1, 0.15) is 39.0 Å². The maximum absolute atomic E-state index is 4.15. The van der Waals surface area contributed by atoms with Crippen LogP contribution in [0.5, 0.6) is 0 Å². The van der Waals surface area contributed by atoms with Crippen LogP contribution in [-0.4, -0.2) is 45.7 Å². The molecule has 2 saturated heterocycles. The highest BCUT2D eigenvalue weighted by Gasteiger charge is 2.39. The number of aromatic nitrogens is 2. The Balaban J connectivity index is 1.69. The van der Waals surface area contributed by atoms with Crippen molar-refractivity contribution >= 4 is 0 Å². The summed E-state index contributed by atoms with van der Waals surface area (Å²) < 4.78 is 2.21. The molecule has 2 bridgehead atoms. The Hall–Kier alpha value is -0.870. The molecule has 0 aromatic carbocycles. The highest BCUT2D eigenvalue weighted by molar-refractivity contribution is 4.96. The molecule has 2 aliphatic heterocycles. The van der Waals surface area contributed by atoms with Gasteiger partial charge < -0.3 is 9.88 Å². The molecule has 3 heterocycles. The summed E-state index contributed by atoms with van der Waals surface area (Å²) in [5.74, 6) is 0. The number of imidazole rings is 1. The standard InChI is InChI=1S/C15H26N4/c1-12(10-18-7-6-17-11-18)19-14-4-3-5-15(19)9-13(8-14)16-2/h6-7,11-16H,3-5,8-10H2,1-2H3. The maximum atomic E-state index is 4.15. The molecular formula is C15H26N4. The number of hydrogen-bond acceptors (Lipinski definition) is 3. The van der Waals surface area contributed by atoms with Gasteiger partial charge in [0.2, 0.25) is 0 Å². The van der Waals surface area contributed by atoms with Crippen molar-refractivity contribution in [1.29, 1.82) is 0 Å². The molecule has 19 heavy (non-hydrogen) atoms. The lowest BCUT2D eigenvalue weighted by Gasteiger charge is -2.51. The van der Waals surface area contributed by atoms with Gasteiger partial charge in [0.1, 0.15) is 0 Å². The van der Waals surface area contributed by atoms with E-state index in [0.29, 0.717) is 6.04 Å². The predicted octanol–water partition coefficient (Wildman–Crippen LogP) is 1.88. The molecule has 1 N–H and O–H groups in total. The third kappa shape index (κ3) is 2.70. The van der Waals surface area contributed by atoms with Crippen molar-refractivity contribution in [3.8, 4) is 0 Å². The monoisotopic (exact) mass is 262 g/mol. The zero-order valence-electron chi connectivity index (χ0n) is 12.1. The van der Waals surface area contributed by atoms with Crippen LogP contribution in [0.15, 0.2) is 18.7 Å². The first-order valence-electron chi connectivity index (χ1n) is 7.68. The molecule has 2 aliphatic rings. The fourth-order valence-electron chi connectivity index (χ4n) is 4.17. The smallest absolute Gasteiger partial charge is 0.0946 e. The molecule has 3 atom stereocenters. The molecule has 4 nitrogen and oxygen atoms in total. The Kier molecular flexibility index (Phi) is 3.89. The van der Waals surface area contributed by atoms with E-state index in [1.54, 1.807) is 0 Å². The summed E-state index contributed by atoms with van der Waals surface area (Å²) >= 11 is 0. The molecule has 0 amide bonds.